The first kappa shape index (κ1) is 15.3. The third kappa shape index (κ3) is 2.35. The van der Waals surface area contributed by atoms with Gasteiger partial charge >= 0.3 is 6.03 Å². The quantitative estimate of drug-likeness (QED) is 0.730. The molecule has 3 amide bonds. The van der Waals surface area contributed by atoms with Gasteiger partial charge in [-0.05, 0) is 19.1 Å². The minimum atomic E-state index is -1.20. The fraction of sp³-hybridized carbons (Fsp3) is 0.250. The molecule has 1 aliphatic rings. The molecule has 1 unspecified atom stereocenters. The largest absolute Gasteiger partial charge is 0.439 e. The van der Waals surface area contributed by atoms with E-state index in [1.165, 1.54) is 24.4 Å². The van der Waals surface area contributed by atoms with Crippen molar-refractivity contribution in [2.75, 3.05) is 0 Å². The molecule has 2 aromatic heterocycles. The van der Waals surface area contributed by atoms with Crippen molar-refractivity contribution in [3.8, 4) is 0 Å². The van der Waals surface area contributed by atoms with Crippen LogP contribution in [0.25, 0.3) is 11.1 Å². The highest BCUT2D eigenvalue weighted by Crippen LogP contribution is 2.29. The standard InChI is InChI=1S/C16H14FN5O3/c1-16(9-6-18-21(2)7-9)14(23)22(15(24)20-16)8-13-19-11-4-3-10(17)5-12(11)25-13/h3-7H,8H2,1-2H3,(H,20,24). The highest BCUT2D eigenvalue weighted by atomic mass is 19.1. The predicted molar refractivity (Wildman–Crippen MR) is 83.6 cm³/mol. The lowest BCUT2D eigenvalue weighted by Gasteiger charge is -2.19. The molecule has 0 spiro atoms. The Hall–Kier alpha value is -3.23. The Labute approximate surface area is 141 Å². The topological polar surface area (TPSA) is 93.3 Å². The van der Waals surface area contributed by atoms with Gasteiger partial charge in [0.25, 0.3) is 5.91 Å². The molecule has 1 N–H and O–H groups in total. The van der Waals surface area contributed by atoms with Crippen molar-refractivity contribution in [1.82, 2.24) is 25.0 Å². The van der Waals surface area contributed by atoms with Gasteiger partial charge in [-0.1, -0.05) is 0 Å². The SMILES string of the molecule is Cn1cc(C2(C)NC(=O)N(Cc3nc4ccc(F)cc4o3)C2=O)cn1. The number of aryl methyl sites for hydroxylation is 1. The molecule has 0 radical (unpaired) electrons. The van der Waals surface area contributed by atoms with Crippen LogP contribution in [0.2, 0.25) is 0 Å². The van der Waals surface area contributed by atoms with E-state index < -0.39 is 23.3 Å². The summed E-state index contributed by atoms with van der Waals surface area (Å²) in [6.07, 6.45) is 3.20. The smallest absolute Gasteiger partial charge is 0.325 e. The van der Waals surface area contributed by atoms with E-state index in [0.29, 0.717) is 11.1 Å². The molecule has 1 saturated heterocycles. The molecule has 25 heavy (non-hydrogen) atoms. The van der Waals surface area contributed by atoms with Gasteiger partial charge in [0.15, 0.2) is 5.58 Å². The Morgan fingerprint density at radius 1 is 1.36 bits per heavy atom. The number of nitrogens with one attached hydrogen (secondary N) is 1. The van der Waals surface area contributed by atoms with E-state index in [2.05, 4.69) is 15.4 Å². The van der Waals surface area contributed by atoms with Gasteiger partial charge in [-0.25, -0.2) is 14.2 Å². The molecule has 1 atom stereocenters. The third-order valence-corrected chi connectivity index (χ3v) is 4.25. The van der Waals surface area contributed by atoms with Gasteiger partial charge in [0.05, 0.1) is 6.20 Å². The summed E-state index contributed by atoms with van der Waals surface area (Å²) in [5.74, 6) is -0.729. The number of fused-ring (bicyclic) bond motifs is 1. The van der Waals surface area contributed by atoms with Crippen LogP contribution in [0, 0.1) is 5.82 Å². The molecule has 0 aliphatic carbocycles. The number of benzene rings is 1. The van der Waals surface area contributed by atoms with Crippen LogP contribution in [0.1, 0.15) is 18.4 Å². The lowest BCUT2D eigenvalue weighted by Crippen LogP contribution is -2.40. The van der Waals surface area contributed by atoms with E-state index in [9.17, 15) is 14.0 Å². The van der Waals surface area contributed by atoms with E-state index >= 15 is 0 Å². The molecular weight excluding hydrogens is 329 g/mol. The average molecular weight is 343 g/mol. The molecule has 1 fully saturated rings. The van der Waals surface area contributed by atoms with Crippen LogP contribution in [0.4, 0.5) is 9.18 Å². The van der Waals surface area contributed by atoms with Crippen molar-refractivity contribution in [3.63, 3.8) is 0 Å². The van der Waals surface area contributed by atoms with Gasteiger partial charge in [0, 0.05) is 24.9 Å². The van der Waals surface area contributed by atoms with Gasteiger partial charge in [0.2, 0.25) is 5.89 Å². The summed E-state index contributed by atoms with van der Waals surface area (Å²) < 4.78 is 20.2. The van der Waals surface area contributed by atoms with Gasteiger partial charge < -0.3 is 9.73 Å². The zero-order valence-corrected chi connectivity index (χ0v) is 13.5. The number of carbonyl (C=O) groups excluding carboxylic acids is 2. The maximum absolute atomic E-state index is 13.2. The molecule has 1 aromatic carbocycles. The van der Waals surface area contributed by atoms with E-state index in [1.54, 1.807) is 24.9 Å². The van der Waals surface area contributed by atoms with E-state index in [1.807, 2.05) is 0 Å². The van der Waals surface area contributed by atoms with E-state index in [-0.39, 0.29) is 18.0 Å². The number of carbonyl (C=O) groups is 2. The summed E-state index contributed by atoms with van der Waals surface area (Å²) in [6, 6.07) is 3.40. The lowest BCUT2D eigenvalue weighted by atomic mass is 9.95. The molecule has 3 heterocycles. The normalized spacial score (nSPS) is 20.5. The number of oxazole rings is 1. The molecule has 0 bridgehead atoms. The number of nitrogens with zero attached hydrogens (tertiary/aromatic N) is 4. The van der Waals surface area contributed by atoms with Gasteiger partial charge in [-0.15, -0.1) is 0 Å². The number of amides is 3. The van der Waals surface area contributed by atoms with Gasteiger partial charge in [0.1, 0.15) is 23.4 Å². The van der Waals surface area contributed by atoms with Crippen LogP contribution in [0.15, 0.2) is 35.0 Å². The van der Waals surface area contributed by atoms with Crippen molar-refractivity contribution in [2.24, 2.45) is 7.05 Å². The van der Waals surface area contributed by atoms with Crippen molar-refractivity contribution in [3.05, 3.63) is 47.9 Å². The van der Waals surface area contributed by atoms with Crippen molar-refractivity contribution < 1.29 is 18.4 Å². The van der Waals surface area contributed by atoms with Crippen LogP contribution < -0.4 is 5.32 Å². The number of hydrogen-bond donors (Lipinski definition) is 1. The van der Waals surface area contributed by atoms with Crippen LogP contribution in [0.5, 0.6) is 0 Å². The first-order chi connectivity index (χ1) is 11.9. The number of rotatable bonds is 3. The Morgan fingerprint density at radius 3 is 2.88 bits per heavy atom. The predicted octanol–water partition coefficient (Wildman–Crippen LogP) is 1.67. The number of halogens is 1. The minimum absolute atomic E-state index is 0.142. The molecular formula is C16H14FN5O3. The van der Waals surface area contributed by atoms with Crippen molar-refractivity contribution in [2.45, 2.75) is 19.0 Å². The van der Waals surface area contributed by atoms with Gasteiger partial charge in [-0.2, -0.15) is 5.10 Å². The minimum Gasteiger partial charge on any atom is -0.439 e. The summed E-state index contributed by atoms with van der Waals surface area (Å²) >= 11 is 0. The van der Waals surface area contributed by atoms with E-state index in [4.69, 9.17) is 4.42 Å². The Kier molecular flexibility index (Phi) is 3.14. The zero-order chi connectivity index (χ0) is 17.8. The molecule has 4 rings (SSSR count). The molecule has 3 aromatic rings. The highest BCUT2D eigenvalue weighted by Gasteiger charge is 2.50. The van der Waals surface area contributed by atoms with Crippen LogP contribution in [-0.2, 0) is 23.9 Å². The first-order valence-electron chi connectivity index (χ1n) is 7.55. The fourth-order valence-corrected chi connectivity index (χ4v) is 2.86. The van der Waals surface area contributed by atoms with Crippen LogP contribution in [-0.4, -0.2) is 31.6 Å². The second kappa shape index (κ2) is 5.13. The third-order valence-electron chi connectivity index (χ3n) is 4.25. The number of urea groups is 1. The number of hydrogen-bond acceptors (Lipinski definition) is 5. The summed E-state index contributed by atoms with van der Waals surface area (Å²) in [6.45, 7) is 1.47. The average Bonchev–Trinajstić information content (AvgIpc) is 3.21. The Bertz CT molecular complexity index is 1010. The monoisotopic (exact) mass is 343 g/mol. The van der Waals surface area contributed by atoms with Crippen molar-refractivity contribution in [1.29, 1.82) is 0 Å². The summed E-state index contributed by atoms with van der Waals surface area (Å²) in [7, 11) is 1.73. The fourth-order valence-electron chi connectivity index (χ4n) is 2.86. The number of aromatic nitrogens is 3. The van der Waals surface area contributed by atoms with Crippen LogP contribution >= 0.6 is 0 Å². The van der Waals surface area contributed by atoms with E-state index in [0.717, 1.165) is 4.90 Å². The maximum Gasteiger partial charge on any atom is 0.325 e. The highest BCUT2D eigenvalue weighted by molar-refractivity contribution is 6.07. The van der Waals surface area contributed by atoms with Crippen LogP contribution in [0.3, 0.4) is 0 Å². The molecule has 0 saturated carbocycles. The Balaban J connectivity index is 1.63. The molecule has 128 valence electrons. The Morgan fingerprint density at radius 2 is 2.16 bits per heavy atom. The van der Waals surface area contributed by atoms with Crippen molar-refractivity contribution >= 4 is 23.0 Å². The first-order valence-corrected chi connectivity index (χ1v) is 7.55. The maximum atomic E-state index is 13.2. The zero-order valence-electron chi connectivity index (χ0n) is 13.5. The van der Waals surface area contributed by atoms with Gasteiger partial charge in [-0.3, -0.25) is 14.4 Å². The molecule has 8 nitrogen and oxygen atoms in total. The summed E-state index contributed by atoms with van der Waals surface area (Å²) in [5, 5.41) is 6.72. The summed E-state index contributed by atoms with van der Waals surface area (Å²) in [4.78, 5) is 30.3. The number of imide groups is 1. The summed E-state index contributed by atoms with van der Waals surface area (Å²) in [5.41, 5.74) is 0.0924. The second-order valence-electron chi connectivity index (χ2n) is 6.07. The molecule has 9 heteroatoms. The lowest BCUT2D eigenvalue weighted by molar-refractivity contribution is -0.131. The molecule has 1 aliphatic heterocycles. The second-order valence-corrected chi connectivity index (χ2v) is 6.07.